The van der Waals surface area contributed by atoms with E-state index < -0.39 is 0 Å². The van der Waals surface area contributed by atoms with Gasteiger partial charge in [-0.15, -0.1) is 0 Å². The van der Waals surface area contributed by atoms with E-state index in [1.807, 2.05) is 52.1 Å². The Kier molecular flexibility index (Phi) is 6.94. The van der Waals surface area contributed by atoms with Crippen molar-refractivity contribution in [3.05, 3.63) is 86.8 Å². The van der Waals surface area contributed by atoms with Gasteiger partial charge >= 0.3 is 0 Å². The number of carbonyl (C=O) groups excluding carboxylic acids is 1. The van der Waals surface area contributed by atoms with Crippen molar-refractivity contribution in [2.24, 2.45) is 0 Å². The molecule has 0 bridgehead atoms. The standard InChI is InChI=1S/C20H18BrCl2N3O/c21-17-5-3-16(4-6-17)20(27)26(10-1-9-25-11-8-24-14-25)13-15-2-7-18(22)19(23)12-15/h2-8,11-12,14H,1,9-10,13H2. The molecule has 3 rings (SSSR count). The molecule has 7 heteroatoms. The van der Waals surface area contributed by atoms with Crippen molar-refractivity contribution in [1.82, 2.24) is 14.5 Å². The average molecular weight is 467 g/mol. The number of imidazole rings is 1. The van der Waals surface area contributed by atoms with Crippen molar-refractivity contribution < 1.29 is 4.79 Å². The Morgan fingerprint density at radius 3 is 2.56 bits per heavy atom. The molecular weight excluding hydrogens is 449 g/mol. The summed E-state index contributed by atoms with van der Waals surface area (Å²) in [5, 5.41) is 0.995. The van der Waals surface area contributed by atoms with E-state index in [0.29, 0.717) is 28.7 Å². The summed E-state index contributed by atoms with van der Waals surface area (Å²) < 4.78 is 2.94. The number of benzene rings is 2. The predicted octanol–water partition coefficient (Wildman–Crippen LogP) is 5.69. The maximum atomic E-state index is 13.0. The third kappa shape index (κ3) is 5.58. The monoisotopic (exact) mass is 465 g/mol. The van der Waals surface area contributed by atoms with E-state index in [1.54, 1.807) is 18.6 Å². The fourth-order valence-corrected chi connectivity index (χ4v) is 3.33. The van der Waals surface area contributed by atoms with E-state index in [-0.39, 0.29) is 5.91 Å². The number of hydrogen-bond donors (Lipinski definition) is 0. The lowest BCUT2D eigenvalue weighted by atomic mass is 10.1. The molecule has 0 aliphatic carbocycles. The van der Waals surface area contributed by atoms with Crippen LogP contribution in [0.1, 0.15) is 22.3 Å². The maximum absolute atomic E-state index is 13.0. The molecular formula is C20H18BrCl2N3O. The number of aromatic nitrogens is 2. The topological polar surface area (TPSA) is 38.1 Å². The predicted molar refractivity (Wildman–Crippen MR) is 112 cm³/mol. The molecule has 0 atom stereocenters. The molecule has 27 heavy (non-hydrogen) atoms. The van der Waals surface area contributed by atoms with Crippen molar-refractivity contribution in [3.63, 3.8) is 0 Å². The molecule has 0 radical (unpaired) electrons. The molecule has 0 aliphatic rings. The van der Waals surface area contributed by atoms with Crippen LogP contribution in [-0.4, -0.2) is 26.9 Å². The lowest BCUT2D eigenvalue weighted by Crippen LogP contribution is -2.32. The number of carbonyl (C=O) groups is 1. The number of nitrogens with zero attached hydrogens (tertiary/aromatic N) is 3. The Hall–Kier alpha value is -1.82. The van der Waals surface area contributed by atoms with Gasteiger partial charge in [0.05, 0.1) is 16.4 Å². The van der Waals surface area contributed by atoms with Crippen LogP contribution in [0.15, 0.2) is 65.7 Å². The molecule has 0 aliphatic heterocycles. The van der Waals surface area contributed by atoms with Crippen LogP contribution in [0, 0.1) is 0 Å². The lowest BCUT2D eigenvalue weighted by molar-refractivity contribution is 0.0739. The first-order chi connectivity index (χ1) is 13.0. The minimum Gasteiger partial charge on any atom is -0.337 e. The molecule has 140 valence electrons. The van der Waals surface area contributed by atoms with Crippen LogP contribution in [0.25, 0.3) is 0 Å². The Bertz CT molecular complexity index is 898. The van der Waals surface area contributed by atoms with Gasteiger partial charge in [0.2, 0.25) is 0 Å². The van der Waals surface area contributed by atoms with Crippen LogP contribution in [0.3, 0.4) is 0 Å². The molecule has 0 N–H and O–H groups in total. The van der Waals surface area contributed by atoms with E-state index in [2.05, 4.69) is 20.9 Å². The molecule has 0 saturated carbocycles. The van der Waals surface area contributed by atoms with Crippen molar-refractivity contribution in [2.75, 3.05) is 6.54 Å². The summed E-state index contributed by atoms with van der Waals surface area (Å²) in [6, 6.07) is 12.8. The van der Waals surface area contributed by atoms with Crippen LogP contribution in [-0.2, 0) is 13.1 Å². The molecule has 3 aromatic rings. The minimum atomic E-state index is -0.0146. The Morgan fingerprint density at radius 1 is 1.11 bits per heavy atom. The van der Waals surface area contributed by atoms with E-state index >= 15 is 0 Å². The molecule has 0 fully saturated rings. The average Bonchev–Trinajstić information content (AvgIpc) is 3.17. The van der Waals surface area contributed by atoms with Crippen molar-refractivity contribution in [2.45, 2.75) is 19.5 Å². The fourth-order valence-electron chi connectivity index (χ4n) is 2.75. The second-order valence-electron chi connectivity index (χ2n) is 6.14. The quantitative estimate of drug-likeness (QED) is 0.448. The smallest absolute Gasteiger partial charge is 0.254 e. The highest BCUT2D eigenvalue weighted by Gasteiger charge is 2.16. The summed E-state index contributed by atoms with van der Waals surface area (Å²) >= 11 is 15.5. The second kappa shape index (κ2) is 9.40. The first-order valence-electron chi connectivity index (χ1n) is 8.47. The van der Waals surface area contributed by atoms with E-state index in [4.69, 9.17) is 23.2 Å². The highest BCUT2D eigenvalue weighted by molar-refractivity contribution is 9.10. The van der Waals surface area contributed by atoms with Crippen molar-refractivity contribution in [3.8, 4) is 0 Å². The highest BCUT2D eigenvalue weighted by Crippen LogP contribution is 2.24. The van der Waals surface area contributed by atoms with Gasteiger partial charge < -0.3 is 9.47 Å². The number of hydrogen-bond acceptors (Lipinski definition) is 2. The molecule has 4 nitrogen and oxygen atoms in total. The molecule has 0 spiro atoms. The van der Waals surface area contributed by atoms with Crippen LogP contribution >= 0.6 is 39.1 Å². The van der Waals surface area contributed by atoms with Gasteiger partial charge in [-0.2, -0.15) is 0 Å². The van der Waals surface area contributed by atoms with Crippen LogP contribution in [0.4, 0.5) is 0 Å². The third-order valence-electron chi connectivity index (χ3n) is 4.14. The van der Waals surface area contributed by atoms with Crippen molar-refractivity contribution >= 4 is 45.0 Å². The molecule has 1 amide bonds. The number of halogens is 3. The SMILES string of the molecule is O=C(c1ccc(Br)cc1)N(CCCn1ccnc1)Cc1ccc(Cl)c(Cl)c1. The number of amides is 1. The van der Waals surface area contributed by atoms with Gasteiger partial charge in [-0.25, -0.2) is 4.98 Å². The third-order valence-corrected chi connectivity index (χ3v) is 5.41. The normalized spacial score (nSPS) is 10.8. The molecule has 1 aromatic heterocycles. The molecule has 2 aromatic carbocycles. The van der Waals surface area contributed by atoms with Gasteiger partial charge in [-0.3, -0.25) is 4.79 Å². The zero-order valence-corrected chi connectivity index (χ0v) is 17.6. The number of aryl methyl sites for hydroxylation is 1. The largest absolute Gasteiger partial charge is 0.337 e. The first kappa shape index (κ1) is 19.9. The van der Waals surface area contributed by atoms with E-state index in [1.165, 1.54) is 0 Å². The summed E-state index contributed by atoms with van der Waals surface area (Å²) in [6.45, 7) is 1.88. The minimum absolute atomic E-state index is 0.0146. The molecule has 0 saturated heterocycles. The Morgan fingerprint density at radius 2 is 1.89 bits per heavy atom. The lowest BCUT2D eigenvalue weighted by Gasteiger charge is -2.23. The van der Waals surface area contributed by atoms with E-state index in [9.17, 15) is 4.79 Å². The zero-order chi connectivity index (χ0) is 19.2. The van der Waals surface area contributed by atoms with Crippen LogP contribution in [0.2, 0.25) is 10.0 Å². The van der Waals surface area contributed by atoms with Crippen LogP contribution < -0.4 is 0 Å². The van der Waals surface area contributed by atoms with Crippen LogP contribution in [0.5, 0.6) is 0 Å². The summed E-state index contributed by atoms with van der Waals surface area (Å²) in [6.07, 6.45) is 6.26. The number of rotatable bonds is 7. The summed E-state index contributed by atoms with van der Waals surface area (Å²) in [5.74, 6) is -0.0146. The van der Waals surface area contributed by atoms with Gasteiger partial charge in [-0.05, 0) is 48.4 Å². The first-order valence-corrected chi connectivity index (χ1v) is 10.0. The van der Waals surface area contributed by atoms with Gasteiger partial charge in [0, 0.05) is 42.1 Å². The zero-order valence-electron chi connectivity index (χ0n) is 14.5. The Balaban J connectivity index is 1.75. The fraction of sp³-hybridized carbons (Fsp3) is 0.200. The maximum Gasteiger partial charge on any atom is 0.254 e. The van der Waals surface area contributed by atoms with Gasteiger partial charge in [0.15, 0.2) is 0 Å². The van der Waals surface area contributed by atoms with Crippen molar-refractivity contribution in [1.29, 1.82) is 0 Å². The molecule has 0 unspecified atom stereocenters. The second-order valence-corrected chi connectivity index (χ2v) is 7.87. The van der Waals surface area contributed by atoms with E-state index in [0.717, 1.165) is 23.0 Å². The Labute approximate surface area is 176 Å². The van der Waals surface area contributed by atoms with Gasteiger partial charge in [-0.1, -0.05) is 45.2 Å². The van der Waals surface area contributed by atoms with Gasteiger partial charge in [0.25, 0.3) is 5.91 Å². The summed E-state index contributed by atoms with van der Waals surface area (Å²) in [5.41, 5.74) is 1.60. The van der Waals surface area contributed by atoms with Gasteiger partial charge in [0.1, 0.15) is 0 Å². The summed E-state index contributed by atoms with van der Waals surface area (Å²) in [4.78, 5) is 18.9. The summed E-state index contributed by atoms with van der Waals surface area (Å²) in [7, 11) is 0. The highest BCUT2D eigenvalue weighted by atomic mass is 79.9. The molecule has 1 heterocycles.